The zero-order valence-corrected chi connectivity index (χ0v) is 17.2. The summed E-state index contributed by atoms with van der Waals surface area (Å²) in [4.78, 5) is 20.8. The molecule has 3 rings (SSSR count). The largest absolute Gasteiger partial charge is 0.497 e. The van der Waals surface area contributed by atoms with Crippen LogP contribution in [-0.4, -0.2) is 45.2 Å². The van der Waals surface area contributed by atoms with Gasteiger partial charge >= 0.3 is 0 Å². The Bertz CT molecular complexity index is 940. The van der Waals surface area contributed by atoms with Crippen molar-refractivity contribution in [3.63, 3.8) is 0 Å². The average Bonchev–Trinajstić information content (AvgIpc) is 3.09. The molecule has 1 N–H and O–H groups in total. The number of quaternary nitrogens is 1. The summed E-state index contributed by atoms with van der Waals surface area (Å²) < 4.78 is 19.4. The Balaban J connectivity index is 1.84. The van der Waals surface area contributed by atoms with Gasteiger partial charge in [0.05, 0.1) is 44.4 Å². The highest BCUT2D eigenvalue weighted by Gasteiger charge is 2.20. The Labute approximate surface area is 168 Å². The van der Waals surface area contributed by atoms with E-state index in [0.29, 0.717) is 11.7 Å². The molecule has 148 valence electrons. The second-order valence-corrected chi connectivity index (χ2v) is 8.00. The molecular weight excluding hydrogens is 377 g/mol. The number of carbonyl (C=O) groups is 1. The lowest BCUT2D eigenvalue weighted by Gasteiger charge is -2.20. The minimum atomic E-state index is -0.304. The lowest BCUT2D eigenvalue weighted by atomic mass is 10.1. The number of rotatable bonds is 8. The number of amides is 1. The molecule has 0 bridgehead atoms. The molecule has 0 aliphatic rings. The van der Waals surface area contributed by atoms with Gasteiger partial charge in [0.2, 0.25) is 5.91 Å². The quantitative estimate of drug-likeness (QED) is 0.630. The number of anilines is 1. The van der Waals surface area contributed by atoms with Crippen LogP contribution in [0.25, 0.3) is 10.2 Å². The van der Waals surface area contributed by atoms with Crippen LogP contribution in [0.3, 0.4) is 0 Å². The first-order chi connectivity index (χ1) is 13.5. The number of methoxy groups -OCH3 is 1. The highest BCUT2D eigenvalue weighted by atomic mass is 32.1. The first-order valence-corrected chi connectivity index (χ1v) is 10.1. The van der Waals surface area contributed by atoms with E-state index >= 15 is 0 Å². The third kappa shape index (κ3) is 5.05. The van der Waals surface area contributed by atoms with Gasteiger partial charge < -0.3 is 9.64 Å². The lowest BCUT2D eigenvalue weighted by Crippen LogP contribution is -3.05. The molecule has 0 atom stereocenters. The van der Waals surface area contributed by atoms with Gasteiger partial charge in [0.15, 0.2) is 5.13 Å². The molecule has 0 saturated carbocycles. The highest BCUT2D eigenvalue weighted by Crippen LogP contribution is 2.31. The molecular formula is C21H25FN3O2S+. The van der Waals surface area contributed by atoms with Crippen molar-refractivity contribution in [2.45, 2.75) is 12.8 Å². The number of carbonyl (C=O) groups excluding carboxylic acids is 1. The fraction of sp³-hybridized carbons (Fsp3) is 0.333. The number of hydrogen-bond donors (Lipinski definition) is 1. The van der Waals surface area contributed by atoms with E-state index in [-0.39, 0.29) is 18.1 Å². The zero-order valence-electron chi connectivity index (χ0n) is 16.4. The number of nitrogens with one attached hydrogen (secondary N) is 1. The maximum atomic E-state index is 13.2. The Morgan fingerprint density at radius 3 is 2.64 bits per heavy atom. The van der Waals surface area contributed by atoms with E-state index in [1.807, 2.05) is 18.2 Å². The van der Waals surface area contributed by atoms with E-state index < -0.39 is 0 Å². The summed E-state index contributed by atoms with van der Waals surface area (Å²) in [5, 5.41) is 0.684. The maximum absolute atomic E-state index is 13.2. The second-order valence-electron chi connectivity index (χ2n) is 6.99. The van der Waals surface area contributed by atoms with Gasteiger partial charge in [-0.05, 0) is 35.9 Å². The molecule has 0 aliphatic carbocycles. The third-order valence-electron chi connectivity index (χ3n) is 4.44. The highest BCUT2D eigenvalue weighted by molar-refractivity contribution is 7.22. The van der Waals surface area contributed by atoms with Crippen molar-refractivity contribution in [1.29, 1.82) is 0 Å². The van der Waals surface area contributed by atoms with E-state index in [1.165, 1.54) is 28.4 Å². The van der Waals surface area contributed by atoms with E-state index in [0.717, 1.165) is 34.5 Å². The van der Waals surface area contributed by atoms with Crippen molar-refractivity contribution in [3.05, 3.63) is 53.8 Å². The van der Waals surface area contributed by atoms with Crippen molar-refractivity contribution >= 4 is 32.6 Å². The van der Waals surface area contributed by atoms with Gasteiger partial charge in [-0.1, -0.05) is 23.5 Å². The predicted octanol–water partition coefficient (Wildman–Crippen LogP) is 2.55. The summed E-state index contributed by atoms with van der Waals surface area (Å²) in [6.07, 6.45) is 1.09. The molecule has 1 heterocycles. The number of halogens is 1. The Morgan fingerprint density at radius 1 is 1.21 bits per heavy atom. The van der Waals surface area contributed by atoms with Crippen LogP contribution in [0.4, 0.5) is 9.52 Å². The maximum Gasteiger partial charge on any atom is 0.233 e. The lowest BCUT2D eigenvalue weighted by molar-refractivity contribution is -0.858. The number of hydrogen-bond acceptors (Lipinski definition) is 4. The number of thiazole rings is 1. The monoisotopic (exact) mass is 402 g/mol. The number of ether oxygens (including phenoxy) is 1. The third-order valence-corrected chi connectivity index (χ3v) is 5.48. The van der Waals surface area contributed by atoms with Gasteiger partial charge in [-0.3, -0.25) is 9.69 Å². The predicted molar refractivity (Wildman–Crippen MR) is 111 cm³/mol. The second kappa shape index (κ2) is 9.12. The van der Waals surface area contributed by atoms with Crippen LogP contribution in [0.2, 0.25) is 0 Å². The number of aromatic nitrogens is 1. The van der Waals surface area contributed by atoms with Crippen molar-refractivity contribution in [2.24, 2.45) is 0 Å². The fourth-order valence-electron chi connectivity index (χ4n) is 2.93. The van der Waals surface area contributed by atoms with E-state index in [4.69, 9.17) is 4.74 Å². The van der Waals surface area contributed by atoms with E-state index in [2.05, 4.69) is 19.1 Å². The molecule has 1 amide bonds. The summed E-state index contributed by atoms with van der Waals surface area (Å²) in [6.45, 7) is 1.56. The van der Waals surface area contributed by atoms with Gasteiger partial charge in [0.25, 0.3) is 0 Å². The van der Waals surface area contributed by atoms with Gasteiger partial charge in [-0.2, -0.15) is 0 Å². The minimum Gasteiger partial charge on any atom is -0.497 e. The smallest absolute Gasteiger partial charge is 0.233 e. The van der Waals surface area contributed by atoms with Crippen LogP contribution in [0, 0.1) is 5.82 Å². The van der Waals surface area contributed by atoms with Crippen molar-refractivity contribution in [1.82, 2.24) is 4.98 Å². The number of fused-ring (bicyclic) bond motifs is 1. The summed E-state index contributed by atoms with van der Waals surface area (Å²) in [6, 6.07) is 11.8. The molecule has 1 aromatic heterocycles. The normalized spacial score (nSPS) is 11.2. The van der Waals surface area contributed by atoms with E-state index in [1.54, 1.807) is 24.1 Å². The molecule has 28 heavy (non-hydrogen) atoms. The van der Waals surface area contributed by atoms with Crippen molar-refractivity contribution < 1.29 is 18.8 Å². The van der Waals surface area contributed by atoms with Crippen molar-refractivity contribution in [3.8, 4) is 5.75 Å². The summed E-state index contributed by atoms with van der Waals surface area (Å²) in [7, 11) is 5.81. The molecule has 0 spiro atoms. The first kappa shape index (κ1) is 20.2. The van der Waals surface area contributed by atoms with Crippen LogP contribution in [-0.2, 0) is 11.2 Å². The molecule has 2 aromatic carbocycles. The first-order valence-electron chi connectivity index (χ1n) is 9.24. The molecule has 7 heteroatoms. The van der Waals surface area contributed by atoms with Crippen LogP contribution < -0.4 is 14.5 Å². The Hall–Kier alpha value is -2.51. The van der Waals surface area contributed by atoms with Gasteiger partial charge in [-0.25, -0.2) is 9.37 Å². The number of benzene rings is 2. The molecule has 0 aliphatic heterocycles. The van der Waals surface area contributed by atoms with Crippen LogP contribution in [0.1, 0.15) is 12.0 Å². The van der Waals surface area contributed by atoms with Gasteiger partial charge in [-0.15, -0.1) is 0 Å². The average molecular weight is 403 g/mol. The van der Waals surface area contributed by atoms with Gasteiger partial charge in [0.1, 0.15) is 11.6 Å². The fourth-order valence-corrected chi connectivity index (χ4v) is 3.96. The van der Waals surface area contributed by atoms with Gasteiger partial charge in [0, 0.05) is 13.0 Å². The molecule has 0 radical (unpaired) electrons. The number of nitrogens with zero attached hydrogens (tertiary/aromatic N) is 2. The van der Waals surface area contributed by atoms with Crippen LogP contribution in [0.15, 0.2) is 42.5 Å². The van der Waals surface area contributed by atoms with E-state index in [9.17, 15) is 9.18 Å². The summed E-state index contributed by atoms with van der Waals surface area (Å²) in [5.74, 6) is 0.427. The minimum absolute atomic E-state index is 0.0358. The molecule has 3 aromatic rings. The summed E-state index contributed by atoms with van der Waals surface area (Å²) >= 11 is 1.48. The van der Waals surface area contributed by atoms with Crippen molar-refractivity contribution in [2.75, 3.05) is 39.2 Å². The SMILES string of the molecule is COc1ccc2nc(N(CCC[NH+](C)C)C(=O)Cc3ccc(F)cc3)sc2c1. The molecule has 0 unspecified atom stereocenters. The standard InChI is InChI=1S/C21H24FN3O2S/c1-24(2)11-4-12-25(20(26)13-15-5-7-16(22)8-6-15)21-23-18-10-9-17(27-3)14-19(18)28-21/h5-10,14H,4,11-13H2,1-3H3/p+1. The Morgan fingerprint density at radius 2 is 1.96 bits per heavy atom. The van der Waals surface area contributed by atoms with Crippen LogP contribution >= 0.6 is 11.3 Å². The summed E-state index contributed by atoms with van der Waals surface area (Å²) in [5.41, 5.74) is 1.64. The van der Waals surface area contributed by atoms with Crippen LogP contribution in [0.5, 0.6) is 5.75 Å². The molecule has 0 saturated heterocycles. The molecule has 0 fully saturated rings. The zero-order chi connectivity index (χ0) is 20.1. The molecule has 5 nitrogen and oxygen atoms in total. The Kier molecular flexibility index (Phi) is 6.59. The topological polar surface area (TPSA) is 46.9 Å².